The van der Waals surface area contributed by atoms with Crippen LogP contribution in [-0.2, 0) is 0 Å². The van der Waals surface area contributed by atoms with Crippen molar-refractivity contribution in [2.75, 3.05) is 5.32 Å². The van der Waals surface area contributed by atoms with Gasteiger partial charge < -0.3 is 5.32 Å². The summed E-state index contributed by atoms with van der Waals surface area (Å²) < 4.78 is 1.94. The second-order valence-corrected chi connectivity index (χ2v) is 8.24. The van der Waals surface area contributed by atoms with Crippen LogP contribution in [0.15, 0.2) is 31.3 Å². The third-order valence-corrected chi connectivity index (χ3v) is 3.24. The topological polar surface area (TPSA) is 36.8 Å². The van der Waals surface area contributed by atoms with Crippen LogP contribution in [0.25, 0.3) is 0 Å². The first-order valence-corrected chi connectivity index (χ1v) is 7.77. The normalized spacial score (nSPS) is 13.1. The Kier molecular flexibility index (Phi) is 5.18. The van der Waals surface area contributed by atoms with E-state index in [1.165, 1.54) is 0 Å². The zero-order valence-corrected chi connectivity index (χ0v) is 15.5. The highest BCUT2D eigenvalue weighted by molar-refractivity contribution is 9.11. The van der Waals surface area contributed by atoms with Gasteiger partial charge in [-0.25, -0.2) is 0 Å². The van der Waals surface area contributed by atoms with Gasteiger partial charge in [0.05, 0.1) is 16.9 Å². The van der Waals surface area contributed by atoms with E-state index in [1.54, 1.807) is 0 Å². The lowest BCUT2D eigenvalue weighted by atomic mass is 10.1. The van der Waals surface area contributed by atoms with Gasteiger partial charge in [-0.15, -0.1) is 0 Å². The van der Waals surface area contributed by atoms with Crippen LogP contribution in [0.4, 0.5) is 11.4 Å². The molecule has 106 valence electrons. The van der Waals surface area contributed by atoms with Crippen molar-refractivity contribution in [2.45, 2.75) is 52.6 Å². The molecule has 0 aliphatic carbocycles. The highest BCUT2D eigenvalue weighted by Crippen LogP contribution is 2.37. The fraction of sp³-hybridized carbons (Fsp3) is 0.571. The molecular weight excluding hydrogens is 370 g/mol. The Morgan fingerprint density at radius 1 is 0.947 bits per heavy atom. The Hall–Kier alpha value is -0.420. The maximum atomic E-state index is 4.28. The van der Waals surface area contributed by atoms with Crippen molar-refractivity contribution in [3.63, 3.8) is 0 Å². The summed E-state index contributed by atoms with van der Waals surface area (Å²) >= 11 is 7.15. The number of benzene rings is 1. The minimum atomic E-state index is -0.165. The molecule has 0 unspecified atom stereocenters. The highest BCUT2D eigenvalue weighted by atomic mass is 79.9. The number of nitrogens with zero attached hydrogens (tertiary/aromatic N) is 2. The maximum absolute atomic E-state index is 4.28. The summed E-state index contributed by atoms with van der Waals surface area (Å²) in [5.41, 5.74) is 1.69. The molecule has 5 heteroatoms. The van der Waals surface area contributed by atoms with Crippen LogP contribution in [0.3, 0.4) is 0 Å². The number of nitrogens with one attached hydrogen (secondary N) is 1. The molecule has 3 nitrogen and oxygen atoms in total. The van der Waals surface area contributed by atoms with E-state index < -0.39 is 0 Å². The number of azo groups is 1. The van der Waals surface area contributed by atoms with Gasteiger partial charge in [-0.05, 0) is 85.5 Å². The summed E-state index contributed by atoms with van der Waals surface area (Å²) in [7, 11) is 0. The molecule has 0 amide bonds. The predicted molar refractivity (Wildman–Crippen MR) is 89.5 cm³/mol. The SMILES string of the molecule is CC(C)(C)N=Nc1cc(Br)c(NC(C)(C)C)c(Br)c1. The fourth-order valence-electron chi connectivity index (χ4n) is 1.32. The molecule has 0 saturated heterocycles. The Morgan fingerprint density at radius 3 is 1.79 bits per heavy atom. The Labute approximate surface area is 132 Å². The van der Waals surface area contributed by atoms with Gasteiger partial charge in [-0.1, -0.05) is 0 Å². The molecule has 0 fully saturated rings. The lowest BCUT2D eigenvalue weighted by Crippen LogP contribution is -2.26. The summed E-state index contributed by atoms with van der Waals surface area (Å²) in [6, 6.07) is 3.93. The average molecular weight is 391 g/mol. The molecule has 0 aliphatic rings. The average Bonchev–Trinajstić information content (AvgIpc) is 2.18. The number of halogens is 2. The molecule has 19 heavy (non-hydrogen) atoms. The molecule has 1 rings (SSSR count). The van der Waals surface area contributed by atoms with Gasteiger partial charge in [0.2, 0.25) is 0 Å². The second kappa shape index (κ2) is 5.92. The number of anilines is 1. The predicted octanol–water partition coefficient (Wildman–Crippen LogP) is 6.30. The van der Waals surface area contributed by atoms with E-state index in [-0.39, 0.29) is 11.1 Å². The first-order valence-electron chi connectivity index (χ1n) is 6.18. The summed E-state index contributed by atoms with van der Waals surface area (Å²) in [4.78, 5) is 0. The molecule has 0 aliphatic heterocycles. The van der Waals surface area contributed by atoms with Crippen LogP contribution in [-0.4, -0.2) is 11.1 Å². The summed E-state index contributed by atoms with van der Waals surface area (Å²) in [5, 5.41) is 12.0. The van der Waals surface area contributed by atoms with Gasteiger partial charge in [-0.3, -0.25) is 0 Å². The van der Waals surface area contributed by atoms with E-state index in [0.717, 1.165) is 20.3 Å². The van der Waals surface area contributed by atoms with Crippen molar-refractivity contribution < 1.29 is 0 Å². The van der Waals surface area contributed by atoms with Crippen molar-refractivity contribution in [1.82, 2.24) is 0 Å². The molecular formula is C14H21Br2N3. The summed E-state index contributed by atoms with van der Waals surface area (Å²) in [6.07, 6.45) is 0. The smallest absolute Gasteiger partial charge is 0.0876 e. The number of rotatable bonds is 2. The second-order valence-electron chi connectivity index (χ2n) is 6.53. The Bertz CT molecular complexity index is 459. The van der Waals surface area contributed by atoms with Crippen molar-refractivity contribution >= 4 is 43.2 Å². The van der Waals surface area contributed by atoms with E-state index in [4.69, 9.17) is 0 Å². The lowest BCUT2D eigenvalue weighted by molar-refractivity contribution is 0.552. The van der Waals surface area contributed by atoms with Gasteiger partial charge in [-0.2, -0.15) is 10.2 Å². The Morgan fingerprint density at radius 2 is 1.42 bits per heavy atom. The van der Waals surface area contributed by atoms with Crippen LogP contribution in [0.1, 0.15) is 41.5 Å². The zero-order chi connectivity index (χ0) is 14.8. The fourth-order valence-corrected chi connectivity index (χ4v) is 2.68. The lowest BCUT2D eigenvalue weighted by Gasteiger charge is -2.24. The van der Waals surface area contributed by atoms with Gasteiger partial charge >= 0.3 is 0 Å². The first-order chi connectivity index (χ1) is 8.48. The third kappa shape index (κ3) is 6.04. The molecule has 0 bridgehead atoms. The van der Waals surface area contributed by atoms with E-state index in [9.17, 15) is 0 Å². The Balaban J connectivity index is 3.07. The van der Waals surface area contributed by atoms with Crippen molar-refractivity contribution in [3.05, 3.63) is 21.1 Å². The summed E-state index contributed by atoms with van der Waals surface area (Å²) in [5.74, 6) is 0. The number of hydrogen-bond donors (Lipinski definition) is 1. The molecule has 0 spiro atoms. The molecule has 1 N–H and O–H groups in total. The minimum absolute atomic E-state index is 0.000512. The molecule has 0 heterocycles. The van der Waals surface area contributed by atoms with Gasteiger partial charge in [0.1, 0.15) is 0 Å². The quantitative estimate of drug-likeness (QED) is 0.590. The van der Waals surface area contributed by atoms with Crippen LogP contribution in [0.2, 0.25) is 0 Å². The van der Waals surface area contributed by atoms with Crippen LogP contribution >= 0.6 is 31.9 Å². The molecule has 0 saturated carbocycles. The van der Waals surface area contributed by atoms with E-state index in [0.29, 0.717) is 0 Å². The van der Waals surface area contributed by atoms with Crippen molar-refractivity contribution in [2.24, 2.45) is 10.2 Å². The molecule has 0 atom stereocenters. The van der Waals surface area contributed by atoms with Crippen LogP contribution in [0, 0.1) is 0 Å². The molecule has 0 radical (unpaired) electrons. The first kappa shape index (κ1) is 16.6. The highest BCUT2D eigenvalue weighted by Gasteiger charge is 2.15. The molecule has 1 aromatic carbocycles. The van der Waals surface area contributed by atoms with Crippen LogP contribution < -0.4 is 5.32 Å². The van der Waals surface area contributed by atoms with Crippen molar-refractivity contribution in [3.8, 4) is 0 Å². The third-order valence-electron chi connectivity index (χ3n) is 1.99. The molecule has 1 aromatic rings. The maximum Gasteiger partial charge on any atom is 0.0876 e. The monoisotopic (exact) mass is 389 g/mol. The summed E-state index contributed by atoms with van der Waals surface area (Å²) in [6.45, 7) is 12.4. The van der Waals surface area contributed by atoms with Gasteiger partial charge in [0.25, 0.3) is 0 Å². The van der Waals surface area contributed by atoms with Gasteiger partial charge in [0.15, 0.2) is 0 Å². The number of hydrogen-bond acceptors (Lipinski definition) is 3. The van der Waals surface area contributed by atoms with E-state index in [1.807, 2.05) is 32.9 Å². The molecule has 0 aromatic heterocycles. The van der Waals surface area contributed by atoms with E-state index in [2.05, 4.69) is 68.2 Å². The van der Waals surface area contributed by atoms with Crippen molar-refractivity contribution in [1.29, 1.82) is 0 Å². The largest absolute Gasteiger partial charge is 0.379 e. The van der Waals surface area contributed by atoms with Crippen LogP contribution in [0.5, 0.6) is 0 Å². The van der Waals surface area contributed by atoms with Gasteiger partial charge in [0, 0.05) is 14.5 Å². The zero-order valence-electron chi connectivity index (χ0n) is 12.3. The van der Waals surface area contributed by atoms with E-state index >= 15 is 0 Å². The minimum Gasteiger partial charge on any atom is -0.379 e. The standard InChI is InChI=1S/C14H21Br2N3/c1-13(2,3)17-12-10(15)7-9(8-11(12)16)18-19-14(4,5)6/h7-8,17H,1-6H3.